The van der Waals surface area contributed by atoms with E-state index in [4.69, 9.17) is 9.47 Å². The van der Waals surface area contributed by atoms with Gasteiger partial charge in [-0.1, -0.05) is 12.8 Å². The Bertz CT molecular complexity index is 286. The summed E-state index contributed by atoms with van der Waals surface area (Å²) in [4.78, 5) is 22.9. The molecule has 0 heterocycles. The van der Waals surface area contributed by atoms with Crippen LogP contribution in [0.3, 0.4) is 0 Å². The van der Waals surface area contributed by atoms with Crippen LogP contribution in [0.25, 0.3) is 0 Å². The summed E-state index contributed by atoms with van der Waals surface area (Å²) < 4.78 is 9.97. The summed E-state index contributed by atoms with van der Waals surface area (Å²) >= 11 is 0. The number of rotatable bonds is 8. The Morgan fingerprint density at radius 2 is 1.89 bits per heavy atom. The SMILES string of the molecule is COCCOCCC(=O)NC1(C(=O)O)CCCC1. The van der Waals surface area contributed by atoms with Gasteiger partial charge < -0.3 is 19.9 Å². The number of carbonyl (C=O) groups is 2. The third-order valence-corrected chi connectivity index (χ3v) is 3.15. The number of hydrogen-bond acceptors (Lipinski definition) is 4. The fourth-order valence-electron chi connectivity index (χ4n) is 2.11. The summed E-state index contributed by atoms with van der Waals surface area (Å²) in [5, 5.41) is 11.8. The minimum absolute atomic E-state index is 0.179. The molecule has 0 aromatic heterocycles. The predicted molar refractivity (Wildman–Crippen MR) is 64.3 cm³/mol. The second kappa shape index (κ2) is 7.33. The maximum Gasteiger partial charge on any atom is 0.329 e. The van der Waals surface area contributed by atoms with Crippen molar-refractivity contribution >= 4 is 11.9 Å². The first kappa shape index (κ1) is 14.9. The topological polar surface area (TPSA) is 84.9 Å². The summed E-state index contributed by atoms with van der Waals surface area (Å²) in [6, 6.07) is 0. The average molecular weight is 259 g/mol. The lowest BCUT2D eigenvalue weighted by atomic mass is 9.97. The molecule has 0 saturated heterocycles. The maximum absolute atomic E-state index is 11.7. The Labute approximate surface area is 107 Å². The van der Waals surface area contributed by atoms with E-state index in [1.54, 1.807) is 7.11 Å². The standard InChI is InChI=1S/C12H21NO5/c1-17-8-9-18-7-4-10(14)13-12(11(15)16)5-2-3-6-12/h2-9H2,1H3,(H,13,14)(H,15,16). The molecule has 0 spiro atoms. The number of hydrogen-bond donors (Lipinski definition) is 2. The van der Waals surface area contributed by atoms with Gasteiger partial charge in [-0.2, -0.15) is 0 Å². The molecule has 0 aromatic rings. The van der Waals surface area contributed by atoms with Gasteiger partial charge in [0.2, 0.25) is 5.91 Å². The molecule has 0 radical (unpaired) electrons. The van der Waals surface area contributed by atoms with Crippen molar-refractivity contribution in [1.29, 1.82) is 0 Å². The zero-order chi connectivity index (χ0) is 13.4. The van der Waals surface area contributed by atoms with Crippen LogP contribution in [0.2, 0.25) is 0 Å². The summed E-state index contributed by atoms with van der Waals surface area (Å²) in [6.07, 6.45) is 2.89. The zero-order valence-corrected chi connectivity index (χ0v) is 10.7. The van der Waals surface area contributed by atoms with Gasteiger partial charge >= 0.3 is 5.97 Å². The van der Waals surface area contributed by atoms with Gasteiger partial charge in [-0.25, -0.2) is 4.79 Å². The quantitative estimate of drug-likeness (QED) is 0.622. The van der Waals surface area contributed by atoms with Gasteiger partial charge in [0, 0.05) is 13.5 Å². The number of carbonyl (C=O) groups excluding carboxylic acids is 1. The first-order chi connectivity index (χ1) is 8.60. The predicted octanol–water partition coefficient (Wildman–Crippen LogP) is 0.553. The van der Waals surface area contributed by atoms with Gasteiger partial charge in [0.05, 0.1) is 19.8 Å². The molecule has 1 aliphatic rings. The molecule has 1 saturated carbocycles. The molecular weight excluding hydrogens is 238 g/mol. The number of aliphatic carboxylic acids is 1. The number of amides is 1. The smallest absolute Gasteiger partial charge is 0.329 e. The van der Waals surface area contributed by atoms with Crippen LogP contribution < -0.4 is 5.32 Å². The number of carboxylic acid groups (broad SMARTS) is 1. The fourth-order valence-corrected chi connectivity index (χ4v) is 2.11. The monoisotopic (exact) mass is 259 g/mol. The number of nitrogens with one attached hydrogen (secondary N) is 1. The molecule has 0 bridgehead atoms. The van der Waals surface area contributed by atoms with Crippen molar-refractivity contribution in [2.24, 2.45) is 0 Å². The van der Waals surface area contributed by atoms with Crippen LogP contribution in [0.15, 0.2) is 0 Å². The Morgan fingerprint density at radius 3 is 2.44 bits per heavy atom. The number of carboxylic acids is 1. The van der Waals surface area contributed by atoms with Crippen molar-refractivity contribution in [2.45, 2.75) is 37.6 Å². The van der Waals surface area contributed by atoms with E-state index in [2.05, 4.69) is 5.32 Å². The van der Waals surface area contributed by atoms with Gasteiger partial charge in [-0.3, -0.25) is 4.79 Å². The van der Waals surface area contributed by atoms with Crippen molar-refractivity contribution in [3.8, 4) is 0 Å². The second-order valence-electron chi connectivity index (χ2n) is 4.50. The maximum atomic E-state index is 11.7. The minimum atomic E-state index is -1.05. The lowest BCUT2D eigenvalue weighted by molar-refractivity contribution is -0.147. The molecule has 1 aliphatic carbocycles. The van der Waals surface area contributed by atoms with Gasteiger partial charge in [-0.15, -0.1) is 0 Å². The molecule has 2 N–H and O–H groups in total. The molecule has 6 heteroatoms. The van der Waals surface area contributed by atoms with E-state index in [1.165, 1.54) is 0 Å². The zero-order valence-electron chi connectivity index (χ0n) is 10.7. The van der Waals surface area contributed by atoms with E-state index in [0.717, 1.165) is 12.8 Å². The van der Waals surface area contributed by atoms with E-state index in [9.17, 15) is 14.7 Å². The van der Waals surface area contributed by atoms with Crippen molar-refractivity contribution in [3.05, 3.63) is 0 Å². The molecule has 0 aromatic carbocycles. The third kappa shape index (κ3) is 4.27. The molecule has 104 valence electrons. The molecule has 1 rings (SSSR count). The first-order valence-corrected chi connectivity index (χ1v) is 6.22. The highest BCUT2D eigenvalue weighted by Crippen LogP contribution is 2.29. The average Bonchev–Trinajstić information content (AvgIpc) is 2.78. The van der Waals surface area contributed by atoms with Crippen LogP contribution in [0.4, 0.5) is 0 Å². The summed E-state index contributed by atoms with van der Waals surface area (Å²) in [5.41, 5.74) is -1.05. The lowest BCUT2D eigenvalue weighted by Gasteiger charge is -2.25. The van der Waals surface area contributed by atoms with Gasteiger partial charge in [-0.05, 0) is 12.8 Å². The van der Waals surface area contributed by atoms with Crippen LogP contribution >= 0.6 is 0 Å². The highest BCUT2D eigenvalue weighted by atomic mass is 16.5. The lowest BCUT2D eigenvalue weighted by Crippen LogP contribution is -2.52. The van der Waals surface area contributed by atoms with Crippen molar-refractivity contribution in [2.75, 3.05) is 26.9 Å². The van der Waals surface area contributed by atoms with E-state index in [1.807, 2.05) is 0 Å². The highest BCUT2D eigenvalue weighted by molar-refractivity contribution is 5.87. The molecule has 0 atom stereocenters. The molecular formula is C12H21NO5. The molecule has 1 amide bonds. The van der Waals surface area contributed by atoms with Gasteiger partial charge in [0.1, 0.15) is 5.54 Å². The minimum Gasteiger partial charge on any atom is -0.480 e. The van der Waals surface area contributed by atoms with E-state index < -0.39 is 11.5 Å². The highest BCUT2D eigenvalue weighted by Gasteiger charge is 2.42. The van der Waals surface area contributed by atoms with E-state index >= 15 is 0 Å². The van der Waals surface area contributed by atoms with Gasteiger partial charge in [0.25, 0.3) is 0 Å². The molecule has 0 aliphatic heterocycles. The fraction of sp³-hybridized carbons (Fsp3) is 0.833. The summed E-state index contributed by atoms with van der Waals surface area (Å²) in [6.45, 7) is 1.21. The Hall–Kier alpha value is -1.14. The largest absolute Gasteiger partial charge is 0.480 e. The number of methoxy groups -OCH3 is 1. The van der Waals surface area contributed by atoms with Crippen LogP contribution in [0, 0.1) is 0 Å². The van der Waals surface area contributed by atoms with E-state index in [0.29, 0.717) is 26.1 Å². The molecule has 0 unspecified atom stereocenters. The van der Waals surface area contributed by atoms with Crippen molar-refractivity contribution in [3.63, 3.8) is 0 Å². The van der Waals surface area contributed by atoms with E-state index in [-0.39, 0.29) is 18.9 Å². The van der Waals surface area contributed by atoms with Crippen LogP contribution in [0.1, 0.15) is 32.1 Å². The van der Waals surface area contributed by atoms with Crippen molar-refractivity contribution < 1.29 is 24.2 Å². The third-order valence-electron chi connectivity index (χ3n) is 3.15. The second-order valence-corrected chi connectivity index (χ2v) is 4.50. The first-order valence-electron chi connectivity index (χ1n) is 6.22. The Kier molecular flexibility index (Phi) is 6.07. The normalized spacial score (nSPS) is 17.6. The summed E-state index contributed by atoms with van der Waals surface area (Å²) in [7, 11) is 1.58. The number of ether oxygens (including phenoxy) is 2. The molecule has 6 nitrogen and oxygen atoms in total. The van der Waals surface area contributed by atoms with Crippen LogP contribution in [-0.2, 0) is 19.1 Å². The van der Waals surface area contributed by atoms with Crippen LogP contribution in [0.5, 0.6) is 0 Å². The summed E-state index contributed by atoms with van der Waals surface area (Å²) in [5.74, 6) is -1.20. The van der Waals surface area contributed by atoms with Crippen molar-refractivity contribution in [1.82, 2.24) is 5.32 Å². The Balaban J connectivity index is 2.27. The van der Waals surface area contributed by atoms with Crippen LogP contribution in [-0.4, -0.2) is 49.5 Å². The Morgan fingerprint density at radius 1 is 1.22 bits per heavy atom. The molecule has 18 heavy (non-hydrogen) atoms. The molecule has 1 fully saturated rings. The van der Waals surface area contributed by atoms with Gasteiger partial charge in [0.15, 0.2) is 0 Å².